The van der Waals surface area contributed by atoms with E-state index < -0.39 is 0 Å². The van der Waals surface area contributed by atoms with Crippen LogP contribution in [0.1, 0.15) is 0 Å². The Morgan fingerprint density at radius 3 is 1.86 bits per heavy atom. The Morgan fingerprint density at radius 1 is 0.444 bits per heavy atom. The Balaban J connectivity index is 1.54. The second-order valence-electron chi connectivity index (χ2n) is 9.34. The average Bonchev–Trinajstić information content (AvgIpc) is 3.50. The van der Waals surface area contributed by atoms with Gasteiger partial charge in [0.25, 0.3) is 0 Å². The lowest BCUT2D eigenvalue weighted by Gasteiger charge is -2.12. The molecule has 2 heteroatoms. The third-order valence-electron chi connectivity index (χ3n) is 7.38. The minimum absolute atomic E-state index is 1.19. The number of rotatable bonds is 2. The molecule has 0 radical (unpaired) electrons. The molecule has 0 aliphatic rings. The molecule has 0 amide bonds. The molecule has 8 aromatic rings. The van der Waals surface area contributed by atoms with Crippen LogP contribution >= 0.6 is 11.3 Å². The summed E-state index contributed by atoms with van der Waals surface area (Å²) in [7, 11) is 0. The van der Waals surface area contributed by atoms with E-state index >= 15 is 0 Å². The first-order valence-electron chi connectivity index (χ1n) is 12.3. The molecule has 0 saturated carbocycles. The van der Waals surface area contributed by atoms with Crippen LogP contribution in [-0.4, -0.2) is 4.57 Å². The molecular weight excluding hydrogens is 454 g/mol. The summed E-state index contributed by atoms with van der Waals surface area (Å²) in [5.41, 5.74) is 6.19. The van der Waals surface area contributed by atoms with Crippen LogP contribution in [0.4, 0.5) is 0 Å². The Hall–Kier alpha value is -4.40. The minimum Gasteiger partial charge on any atom is -0.309 e. The molecule has 0 aliphatic heterocycles. The molecule has 0 fully saturated rings. The summed E-state index contributed by atoms with van der Waals surface area (Å²) in [6.45, 7) is 0. The summed E-state index contributed by atoms with van der Waals surface area (Å²) in [4.78, 5) is 0. The van der Waals surface area contributed by atoms with Gasteiger partial charge in [-0.15, -0.1) is 11.3 Å². The number of thiophene rings is 1. The number of hydrogen-bond acceptors (Lipinski definition) is 1. The zero-order valence-electron chi connectivity index (χ0n) is 19.5. The van der Waals surface area contributed by atoms with Gasteiger partial charge in [0.2, 0.25) is 0 Å². The van der Waals surface area contributed by atoms with Crippen LogP contribution in [0.2, 0.25) is 0 Å². The Labute approximate surface area is 212 Å². The molecule has 0 bridgehead atoms. The lowest BCUT2D eigenvalue weighted by atomic mass is 9.99. The second-order valence-corrected chi connectivity index (χ2v) is 10.4. The minimum atomic E-state index is 1.19. The summed E-state index contributed by atoms with van der Waals surface area (Å²) >= 11 is 1.92. The fourth-order valence-corrected chi connectivity index (χ4v) is 7.10. The molecule has 0 unspecified atom stereocenters. The Kier molecular flexibility index (Phi) is 4.16. The van der Waals surface area contributed by atoms with E-state index in [2.05, 4.69) is 132 Å². The zero-order chi connectivity index (χ0) is 23.6. The molecule has 0 atom stereocenters. The highest BCUT2D eigenvalue weighted by Crippen LogP contribution is 2.47. The van der Waals surface area contributed by atoms with Gasteiger partial charge >= 0.3 is 0 Å². The van der Waals surface area contributed by atoms with E-state index in [9.17, 15) is 0 Å². The van der Waals surface area contributed by atoms with Crippen molar-refractivity contribution in [2.75, 3.05) is 0 Å². The molecule has 0 spiro atoms. The average molecular weight is 476 g/mol. The van der Waals surface area contributed by atoms with Gasteiger partial charge in [-0.1, -0.05) is 103 Å². The molecule has 0 N–H and O–H groups in total. The Bertz CT molecular complexity index is 2080. The molecular formula is C34H21NS. The standard InChI is InChI=1S/C34H21NS/c1-2-10-22(11-3-1)23-18-20-24(21-19-23)35-29-16-8-6-14-27(29)32-33(35)26-13-5-4-12-25(26)31-28-15-7-9-17-30(28)36-34(31)32/h1-21H. The van der Waals surface area contributed by atoms with Crippen molar-refractivity contribution in [2.45, 2.75) is 0 Å². The van der Waals surface area contributed by atoms with Crippen LogP contribution in [0.25, 0.3) is 69.6 Å². The molecule has 8 rings (SSSR count). The van der Waals surface area contributed by atoms with Crippen molar-refractivity contribution in [3.63, 3.8) is 0 Å². The SMILES string of the molecule is c1ccc(-c2ccc(-n3c4ccccc4c4c5sc6ccccc6c5c5ccccc5c43)cc2)cc1. The molecule has 0 aliphatic carbocycles. The molecule has 168 valence electrons. The van der Waals surface area contributed by atoms with Crippen LogP contribution in [0.3, 0.4) is 0 Å². The van der Waals surface area contributed by atoms with Gasteiger partial charge in [-0.3, -0.25) is 0 Å². The molecule has 0 saturated heterocycles. The smallest absolute Gasteiger partial charge is 0.0634 e. The van der Waals surface area contributed by atoms with Crippen LogP contribution in [0, 0.1) is 0 Å². The molecule has 1 nitrogen and oxygen atoms in total. The quantitative estimate of drug-likeness (QED) is 0.234. The van der Waals surface area contributed by atoms with Gasteiger partial charge in [0.15, 0.2) is 0 Å². The largest absolute Gasteiger partial charge is 0.309 e. The number of nitrogens with zero attached hydrogens (tertiary/aromatic N) is 1. The van der Waals surface area contributed by atoms with E-state index in [0.29, 0.717) is 0 Å². The van der Waals surface area contributed by atoms with Gasteiger partial charge in [-0.05, 0) is 40.8 Å². The van der Waals surface area contributed by atoms with Gasteiger partial charge in [0.1, 0.15) is 0 Å². The van der Waals surface area contributed by atoms with Gasteiger partial charge in [-0.25, -0.2) is 0 Å². The summed E-state index contributed by atoms with van der Waals surface area (Å²) in [5.74, 6) is 0. The predicted octanol–water partition coefficient (Wildman–Crippen LogP) is 9.97. The zero-order valence-corrected chi connectivity index (χ0v) is 20.3. The fraction of sp³-hybridized carbons (Fsp3) is 0. The molecule has 36 heavy (non-hydrogen) atoms. The van der Waals surface area contributed by atoms with Crippen molar-refractivity contribution in [3.8, 4) is 16.8 Å². The normalized spacial score (nSPS) is 11.9. The second kappa shape index (κ2) is 7.55. The fourth-order valence-electron chi connectivity index (χ4n) is 5.82. The summed E-state index contributed by atoms with van der Waals surface area (Å²) in [6.07, 6.45) is 0. The van der Waals surface area contributed by atoms with Crippen LogP contribution in [-0.2, 0) is 0 Å². The first-order valence-corrected chi connectivity index (χ1v) is 13.1. The molecule has 6 aromatic carbocycles. The van der Waals surface area contributed by atoms with Crippen molar-refractivity contribution in [2.24, 2.45) is 0 Å². The third kappa shape index (κ3) is 2.71. The topological polar surface area (TPSA) is 4.93 Å². The van der Waals surface area contributed by atoms with E-state index in [1.54, 1.807) is 0 Å². The number of hydrogen-bond donors (Lipinski definition) is 0. The highest BCUT2D eigenvalue weighted by atomic mass is 32.1. The van der Waals surface area contributed by atoms with Crippen molar-refractivity contribution in [1.82, 2.24) is 4.57 Å². The van der Waals surface area contributed by atoms with Gasteiger partial charge < -0.3 is 4.57 Å². The van der Waals surface area contributed by atoms with E-state index in [-0.39, 0.29) is 0 Å². The van der Waals surface area contributed by atoms with Crippen molar-refractivity contribution >= 4 is 64.1 Å². The molecule has 2 aromatic heterocycles. The van der Waals surface area contributed by atoms with Crippen molar-refractivity contribution in [3.05, 3.63) is 127 Å². The van der Waals surface area contributed by atoms with Crippen molar-refractivity contribution in [1.29, 1.82) is 0 Å². The highest BCUT2D eigenvalue weighted by Gasteiger charge is 2.21. The number of benzene rings is 6. The maximum atomic E-state index is 2.46. The van der Waals surface area contributed by atoms with Gasteiger partial charge in [-0.2, -0.15) is 0 Å². The number of para-hydroxylation sites is 1. The summed E-state index contributed by atoms with van der Waals surface area (Å²) < 4.78 is 5.18. The van der Waals surface area contributed by atoms with Crippen LogP contribution in [0.15, 0.2) is 127 Å². The summed E-state index contributed by atoms with van der Waals surface area (Å²) in [6, 6.07) is 46.2. The molecule has 2 heterocycles. The summed E-state index contributed by atoms with van der Waals surface area (Å²) in [5, 5.41) is 8.00. The van der Waals surface area contributed by atoms with E-state index in [1.807, 2.05) is 11.3 Å². The number of fused-ring (bicyclic) bond motifs is 10. The maximum absolute atomic E-state index is 2.46. The van der Waals surface area contributed by atoms with E-state index in [0.717, 1.165) is 0 Å². The predicted molar refractivity (Wildman–Crippen MR) is 157 cm³/mol. The van der Waals surface area contributed by atoms with Gasteiger partial charge in [0.05, 0.1) is 11.0 Å². The number of aromatic nitrogens is 1. The first-order chi connectivity index (χ1) is 17.9. The first kappa shape index (κ1) is 19.9. The van der Waals surface area contributed by atoms with Crippen LogP contribution < -0.4 is 0 Å². The highest BCUT2D eigenvalue weighted by molar-refractivity contribution is 7.27. The van der Waals surface area contributed by atoms with Crippen LogP contribution in [0.5, 0.6) is 0 Å². The lowest BCUT2D eigenvalue weighted by molar-refractivity contribution is 1.19. The van der Waals surface area contributed by atoms with E-state index in [1.165, 1.54) is 69.6 Å². The van der Waals surface area contributed by atoms with Gasteiger partial charge in [0, 0.05) is 42.0 Å². The van der Waals surface area contributed by atoms with E-state index in [4.69, 9.17) is 0 Å². The van der Waals surface area contributed by atoms with Crippen molar-refractivity contribution < 1.29 is 0 Å². The monoisotopic (exact) mass is 475 g/mol. The Morgan fingerprint density at radius 2 is 1.06 bits per heavy atom. The lowest BCUT2D eigenvalue weighted by Crippen LogP contribution is -1.94. The third-order valence-corrected chi connectivity index (χ3v) is 8.57. The maximum Gasteiger partial charge on any atom is 0.0634 e.